The third-order valence-corrected chi connectivity index (χ3v) is 4.31. The number of anilines is 1. The molecule has 2 heterocycles. The molecule has 0 aliphatic rings. The number of rotatable bonds is 5. The Morgan fingerprint density at radius 2 is 2.09 bits per heavy atom. The zero-order valence-corrected chi connectivity index (χ0v) is 12.8. The molecule has 1 aromatic carbocycles. The van der Waals surface area contributed by atoms with Crippen LogP contribution in [0.3, 0.4) is 0 Å². The molecule has 0 radical (unpaired) electrons. The molecule has 5 nitrogen and oxygen atoms in total. The number of carbonyl (C=O) groups excluding carboxylic acids is 1. The molecule has 1 unspecified atom stereocenters. The van der Waals surface area contributed by atoms with Gasteiger partial charge in [-0.2, -0.15) is 0 Å². The van der Waals surface area contributed by atoms with Crippen molar-refractivity contribution >= 4 is 22.4 Å². The van der Waals surface area contributed by atoms with E-state index in [1.165, 1.54) is 29.4 Å². The van der Waals surface area contributed by atoms with Gasteiger partial charge in [0.2, 0.25) is 5.13 Å². The summed E-state index contributed by atoms with van der Waals surface area (Å²) in [5.41, 5.74) is 1.67. The molecule has 1 amide bonds. The van der Waals surface area contributed by atoms with E-state index in [1.54, 1.807) is 6.07 Å². The Morgan fingerprint density at radius 1 is 1.27 bits per heavy atom. The zero-order chi connectivity index (χ0) is 15.4. The second kappa shape index (κ2) is 6.53. The molecule has 0 spiro atoms. The molecule has 2 aromatic heterocycles. The van der Waals surface area contributed by atoms with Crippen LogP contribution in [0.4, 0.5) is 5.13 Å². The Kier molecular flexibility index (Phi) is 4.29. The zero-order valence-electron chi connectivity index (χ0n) is 12.0. The molecule has 3 rings (SSSR count). The highest BCUT2D eigenvalue weighted by molar-refractivity contribution is 7.15. The highest BCUT2D eigenvalue weighted by Gasteiger charge is 2.18. The van der Waals surface area contributed by atoms with Gasteiger partial charge in [-0.25, -0.2) is 0 Å². The van der Waals surface area contributed by atoms with E-state index in [0.717, 1.165) is 11.4 Å². The predicted octanol–water partition coefficient (Wildman–Crippen LogP) is 3.93. The Hall–Kier alpha value is -2.47. The second-order valence-electron chi connectivity index (χ2n) is 4.78. The van der Waals surface area contributed by atoms with Crippen molar-refractivity contribution in [2.45, 2.75) is 19.3 Å². The smallest absolute Gasteiger partial charge is 0.260 e. The number of nitrogens with one attached hydrogen (secondary N) is 1. The Morgan fingerprint density at radius 3 is 2.77 bits per heavy atom. The number of hydrogen-bond acceptors (Lipinski definition) is 5. The molecule has 1 N–H and O–H groups in total. The molecule has 22 heavy (non-hydrogen) atoms. The van der Waals surface area contributed by atoms with Crippen molar-refractivity contribution < 1.29 is 9.21 Å². The summed E-state index contributed by atoms with van der Waals surface area (Å²) in [5, 5.41) is 12.4. The first-order valence-corrected chi connectivity index (χ1v) is 7.81. The number of benzene rings is 1. The minimum Gasteiger partial charge on any atom is -0.472 e. The van der Waals surface area contributed by atoms with Crippen molar-refractivity contribution in [1.82, 2.24) is 10.2 Å². The van der Waals surface area contributed by atoms with Crippen LogP contribution in [0.2, 0.25) is 0 Å². The van der Waals surface area contributed by atoms with Crippen molar-refractivity contribution in [2.75, 3.05) is 5.32 Å². The predicted molar refractivity (Wildman–Crippen MR) is 85.1 cm³/mol. The summed E-state index contributed by atoms with van der Waals surface area (Å²) in [6.45, 7) is 2.11. The molecular weight excluding hydrogens is 298 g/mol. The van der Waals surface area contributed by atoms with Crippen LogP contribution in [0, 0.1) is 0 Å². The van der Waals surface area contributed by atoms with Crippen molar-refractivity contribution in [3.8, 4) is 0 Å². The lowest BCUT2D eigenvalue weighted by Gasteiger charge is -2.10. The summed E-state index contributed by atoms with van der Waals surface area (Å²) in [7, 11) is 0. The average molecular weight is 313 g/mol. The molecule has 112 valence electrons. The molecule has 0 aliphatic heterocycles. The summed E-state index contributed by atoms with van der Waals surface area (Å²) >= 11 is 1.40. The summed E-state index contributed by atoms with van der Waals surface area (Å²) < 4.78 is 4.90. The van der Waals surface area contributed by atoms with E-state index >= 15 is 0 Å². The van der Waals surface area contributed by atoms with Gasteiger partial charge in [-0.3, -0.25) is 10.1 Å². The maximum absolute atomic E-state index is 12.0. The van der Waals surface area contributed by atoms with E-state index in [0.29, 0.717) is 10.7 Å². The highest BCUT2D eigenvalue weighted by atomic mass is 32.1. The van der Waals surface area contributed by atoms with Gasteiger partial charge in [0, 0.05) is 5.92 Å². The SMILES string of the molecule is CCC(c1ccccc1)c1nnc(NC(=O)c2ccoc2)s1. The van der Waals surface area contributed by atoms with Gasteiger partial charge in [-0.1, -0.05) is 48.6 Å². The third-order valence-electron chi connectivity index (χ3n) is 3.35. The Balaban J connectivity index is 1.77. The van der Waals surface area contributed by atoms with E-state index in [9.17, 15) is 4.79 Å². The summed E-state index contributed by atoms with van der Waals surface area (Å²) in [6, 6.07) is 11.8. The largest absolute Gasteiger partial charge is 0.472 e. The van der Waals surface area contributed by atoms with Gasteiger partial charge in [0.15, 0.2) is 0 Å². The average Bonchev–Trinajstić information content (AvgIpc) is 3.21. The highest BCUT2D eigenvalue weighted by Crippen LogP contribution is 2.31. The lowest BCUT2D eigenvalue weighted by Crippen LogP contribution is -2.10. The molecule has 0 bridgehead atoms. The fourth-order valence-electron chi connectivity index (χ4n) is 2.23. The Bertz CT molecular complexity index is 738. The van der Waals surface area contributed by atoms with Gasteiger partial charge >= 0.3 is 0 Å². The van der Waals surface area contributed by atoms with Gasteiger partial charge < -0.3 is 4.42 Å². The quantitative estimate of drug-likeness (QED) is 0.775. The van der Waals surface area contributed by atoms with E-state index in [4.69, 9.17) is 4.42 Å². The van der Waals surface area contributed by atoms with E-state index in [2.05, 4.69) is 34.6 Å². The third kappa shape index (κ3) is 3.07. The van der Waals surface area contributed by atoms with Crippen LogP contribution < -0.4 is 5.32 Å². The second-order valence-corrected chi connectivity index (χ2v) is 5.79. The van der Waals surface area contributed by atoms with Crippen LogP contribution in [-0.4, -0.2) is 16.1 Å². The summed E-state index contributed by atoms with van der Waals surface area (Å²) in [4.78, 5) is 12.0. The van der Waals surface area contributed by atoms with Crippen molar-refractivity contribution in [2.24, 2.45) is 0 Å². The van der Waals surface area contributed by atoms with Crippen molar-refractivity contribution in [3.63, 3.8) is 0 Å². The fraction of sp³-hybridized carbons (Fsp3) is 0.188. The van der Waals surface area contributed by atoms with Gasteiger partial charge in [0.1, 0.15) is 11.3 Å². The first-order chi connectivity index (χ1) is 10.8. The minimum atomic E-state index is -0.246. The number of nitrogens with zero attached hydrogens (tertiary/aromatic N) is 2. The summed E-state index contributed by atoms with van der Waals surface area (Å²) in [5.74, 6) is -0.0533. The fourth-order valence-corrected chi connectivity index (χ4v) is 3.18. The number of aromatic nitrogens is 2. The lowest BCUT2D eigenvalue weighted by molar-refractivity contribution is 0.102. The Labute approximate surface area is 132 Å². The molecule has 0 fully saturated rings. The van der Waals surface area contributed by atoms with Gasteiger partial charge in [0.05, 0.1) is 11.8 Å². The first-order valence-electron chi connectivity index (χ1n) is 7.00. The maximum Gasteiger partial charge on any atom is 0.260 e. The molecule has 6 heteroatoms. The first kappa shape index (κ1) is 14.5. The molecule has 0 saturated heterocycles. The minimum absolute atomic E-state index is 0.193. The molecule has 0 aliphatic carbocycles. The van der Waals surface area contributed by atoms with Gasteiger partial charge in [-0.15, -0.1) is 10.2 Å². The summed E-state index contributed by atoms with van der Waals surface area (Å²) in [6.07, 6.45) is 3.79. The van der Waals surface area contributed by atoms with Crippen LogP contribution >= 0.6 is 11.3 Å². The van der Waals surface area contributed by atoms with E-state index < -0.39 is 0 Å². The molecule has 1 atom stereocenters. The maximum atomic E-state index is 12.0. The molecule has 3 aromatic rings. The van der Waals surface area contributed by atoms with Crippen LogP contribution in [-0.2, 0) is 0 Å². The molecule has 0 saturated carbocycles. The number of amides is 1. The van der Waals surface area contributed by atoms with Crippen LogP contribution in [0.25, 0.3) is 0 Å². The standard InChI is InChI=1S/C16H15N3O2S/c1-2-13(11-6-4-3-5-7-11)15-18-19-16(22-15)17-14(20)12-8-9-21-10-12/h3-10,13H,2H2,1H3,(H,17,19,20). The van der Waals surface area contributed by atoms with Crippen molar-refractivity contribution in [1.29, 1.82) is 0 Å². The monoisotopic (exact) mass is 313 g/mol. The lowest BCUT2D eigenvalue weighted by atomic mass is 9.97. The van der Waals surface area contributed by atoms with E-state index in [1.807, 2.05) is 18.2 Å². The van der Waals surface area contributed by atoms with Crippen LogP contribution in [0.15, 0.2) is 53.3 Å². The number of hydrogen-bond donors (Lipinski definition) is 1. The normalized spacial score (nSPS) is 12.0. The van der Waals surface area contributed by atoms with Crippen LogP contribution in [0.1, 0.15) is 40.2 Å². The van der Waals surface area contributed by atoms with Crippen LogP contribution in [0.5, 0.6) is 0 Å². The van der Waals surface area contributed by atoms with Crippen molar-refractivity contribution in [3.05, 3.63) is 65.1 Å². The van der Waals surface area contributed by atoms with Gasteiger partial charge in [-0.05, 0) is 18.1 Å². The van der Waals surface area contributed by atoms with Gasteiger partial charge in [0.25, 0.3) is 5.91 Å². The van der Waals surface area contributed by atoms with E-state index in [-0.39, 0.29) is 11.8 Å². The topological polar surface area (TPSA) is 68.0 Å². The number of furan rings is 1. The molecular formula is C16H15N3O2S. The number of carbonyl (C=O) groups is 1.